The number of phenolic OH excluding ortho intramolecular Hbond substituents is 1. The number of rotatable bonds is 7. The highest BCUT2D eigenvalue weighted by atomic mass is 16.4. The Morgan fingerprint density at radius 3 is 2.19 bits per heavy atom. The summed E-state index contributed by atoms with van der Waals surface area (Å²) in [7, 11) is 1.49. The van der Waals surface area contributed by atoms with Gasteiger partial charge in [-0.1, -0.05) is 26.0 Å². The molecule has 0 saturated carbocycles. The summed E-state index contributed by atoms with van der Waals surface area (Å²) in [6.07, 6.45) is 0.0504. The number of aliphatic carboxylic acids is 1. The standard InChI is InChI=1S/C18H26N4O5/c1-10(2)15(22(4)11(3)23)16(25)21-18(19)20-14(17(26)27)9-12-5-7-13(24)8-6-12/h5-8,10,14-15,24H,9H2,1-4H3,(H,26,27)(H3,19,20,21,25)/t14-,15-/m0/s1. The van der Waals surface area contributed by atoms with E-state index in [1.807, 2.05) is 0 Å². The van der Waals surface area contributed by atoms with Crippen molar-refractivity contribution in [3.63, 3.8) is 0 Å². The maximum Gasteiger partial charge on any atom is 0.326 e. The molecule has 27 heavy (non-hydrogen) atoms. The van der Waals surface area contributed by atoms with Gasteiger partial charge in [-0.05, 0) is 23.6 Å². The zero-order valence-electron chi connectivity index (χ0n) is 15.8. The zero-order chi connectivity index (χ0) is 20.7. The summed E-state index contributed by atoms with van der Waals surface area (Å²) in [4.78, 5) is 36.7. The van der Waals surface area contributed by atoms with Gasteiger partial charge in [-0.25, -0.2) is 4.79 Å². The molecule has 0 aliphatic heterocycles. The SMILES string of the molecule is CC(=O)N(C)[C@H](C(=O)NC(=N)N[C@@H](Cc1ccc(O)cc1)C(=O)O)C(C)C. The zero-order valence-corrected chi connectivity index (χ0v) is 15.8. The van der Waals surface area contributed by atoms with Crippen LogP contribution in [0.4, 0.5) is 0 Å². The smallest absolute Gasteiger partial charge is 0.326 e. The number of phenols is 1. The van der Waals surface area contributed by atoms with Gasteiger partial charge in [0, 0.05) is 20.4 Å². The number of hydrogen-bond acceptors (Lipinski definition) is 5. The third kappa shape index (κ3) is 6.61. The number of hydrogen-bond donors (Lipinski definition) is 5. The molecule has 1 aromatic rings. The molecule has 0 aliphatic carbocycles. The fourth-order valence-corrected chi connectivity index (χ4v) is 2.60. The highest BCUT2D eigenvalue weighted by Gasteiger charge is 2.29. The van der Waals surface area contributed by atoms with Crippen molar-refractivity contribution in [1.82, 2.24) is 15.5 Å². The van der Waals surface area contributed by atoms with E-state index < -0.39 is 29.9 Å². The minimum absolute atomic E-state index is 0.0504. The predicted molar refractivity (Wildman–Crippen MR) is 99.3 cm³/mol. The van der Waals surface area contributed by atoms with Crippen LogP contribution >= 0.6 is 0 Å². The van der Waals surface area contributed by atoms with Gasteiger partial charge in [-0.2, -0.15) is 0 Å². The first-order chi connectivity index (χ1) is 12.5. The van der Waals surface area contributed by atoms with E-state index in [0.717, 1.165) is 0 Å². The van der Waals surface area contributed by atoms with Gasteiger partial charge in [0.05, 0.1) is 0 Å². The average molecular weight is 378 g/mol. The maximum absolute atomic E-state index is 12.4. The molecule has 0 saturated heterocycles. The molecule has 0 aromatic heterocycles. The van der Waals surface area contributed by atoms with Crippen LogP contribution in [0.1, 0.15) is 26.3 Å². The highest BCUT2D eigenvalue weighted by molar-refractivity contribution is 6.00. The Balaban J connectivity index is 2.78. The lowest BCUT2D eigenvalue weighted by Crippen LogP contribution is -2.55. The Morgan fingerprint density at radius 2 is 1.74 bits per heavy atom. The molecule has 0 radical (unpaired) electrons. The van der Waals surface area contributed by atoms with Crippen LogP contribution in [-0.4, -0.2) is 58.0 Å². The van der Waals surface area contributed by atoms with Crippen molar-refractivity contribution < 1.29 is 24.6 Å². The Kier molecular flexibility index (Phi) is 7.77. The summed E-state index contributed by atoms with van der Waals surface area (Å²) in [5.41, 5.74) is 0.642. The molecule has 1 rings (SSSR count). The van der Waals surface area contributed by atoms with Crippen LogP contribution in [-0.2, 0) is 20.8 Å². The van der Waals surface area contributed by atoms with E-state index in [4.69, 9.17) is 5.41 Å². The summed E-state index contributed by atoms with van der Waals surface area (Å²) in [6.45, 7) is 4.88. The molecular weight excluding hydrogens is 352 g/mol. The van der Waals surface area contributed by atoms with Crippen LogP contribution < -0.4 is 10.6 Å². The molecular formula is C18H26N4O5. The van der Waals surface area contributed by atoms with Gasteiger partial charge in [0.2, 0.25) is 11.8 Å². The Morgan fingerprint density at radius 1 is 1.19 bits per heavy atom. The number of nitrogens with one attached hydrogen (secondary N) is 3. The number of benzene rings is 1. The normalized spacial score (nSPS) is 12.8. The predicted octanol–water partition coefficient (Wildman–Crippen LogP) is 0.531. The molecule has 0 bridgehead atoms. The second-order valence-corrected chi connectivity index (χ2v) is 6.59. The van der Waals surface area contributed by atoms with Crippen molar-refractivity contribution in [3.8, 4) is 5.75 Å². The number of likely N-dealkylation sites (N-methyl/N-ethyl adjacent to an activating group) is 1. The van der Waals surface area contributed by atoms with Gasteiger partial charge < -0.3 is 20.4 Å². The van der Waals surface area contributed by atoms with Crippen LogP contribution in [0, 0.1) is 11.3 Å². The van der Waals surface area contributed by atoms with Crippen LogP contribution in [0.25, 0.3) is 0 Å². The molecule has 0 spiro atoms. The molecule has 9 heteroatoms. The van der Waals surface area contributed by atoms with Crippen molar-refractivity contribution in [2.75, 3.05) is 7.05 Å². The molecule has 0 unspecified atom stereocenters. The Labute approximate surface area is 157 Å². The first-order valence-corrected chi connectivity index (χ1v) is 8.43. The van der Waals surface area contributed by atoms with Crippen LogP contribution in [0.5, 0.6) is 5.75 Å². The van der Waals surface area contributed by atoms with Crippen LogP contribution in [0.3, 0.4) is 0 Å². The molecule has 0 heterocycles. The molecule has 148 valence electrons. The Bertz CT molecular complexity index is 702. The summed E-state index contributed by atoms with van der Waals surface area (Å²) < 4.78 is 0. The number of guanidine groups is 1. The lowest BCUT2D eigenvalue weighted by molar-refractivity contribution is -0.139. The number of carbonyl (C=O) groups is 3. The fourth-order valence-electron chi connectivity index (χ4n) is 2.60. The summed E-state index contributed by atoms with van der Waals surface area (Å²) in [5, 5.41) is 31.3. The summed E-state index contributed by atoms with van der Waals surface area (Å²) in [6, 6.07) is 4.09. The molecule has 9 nitrogen and oxygen atoms in total. The number of amides is 2. The second kappa shape index (κ2) is 9.56. The number of nitrogens with zero attached hydrogens (tertiary/aromatic N) is 1. The molecule has 2 amide bonds. The quantitative estimate of drug-likeness (QED) is 0.346. The molecule has 1 aromatic carbocycles. The fraction of sp³-hybridized carbons (Fsp3) is 0.444. The van der Waals surface area contributed by atoms with Crippen LogP contribution in [0.15, 0.2) is 24.3 Å². The first-order valence-electron chi connectivity index (χ1n) is 8.43. The maximum atomic E-state index is 12.4. The van der Waals surface area contributed by atoms with E-state index in [1.165, 1.54) is 31.0 Å². The Hall–Kier alpha value is -3.10. The topological polar surface area (TPSA) is 143 Å². The molecule has 0 fully saturated rings. The largest absolute Gasteiger partial charge is 0.508 e. The van der Waals surface area contributed by atoms with Crippen molar-refractivity contribution in [1.29, 1.82) is 5.41 Å². The van der Waals surface area contributed by atoms with E-state index >= 15 is 0 Å². The van der Waals surface area contributed by atoms with E-state index in [1.54, 1.807) is 26.0 Å². The third-order valence-electron chi connectivity index (χ3n) is 4.06. The highest BCUT2D eigenvalue weighted by Crippen LogP contribution is 2.12. The number of carboxylic acid groups (broad SMARTS) is 1. The monoisotopic (exact) mass is 378 g/mol. The van der Waals surface area contributed by atoms with E-state index in [-0.39, 0.29) is 24.0 Å². The molecule has 2 atom stereocenters. The van der Waals surface area contributed by atoms with E-state index in [2.05, 4.69) is 10.6 Å². The number of carbonyl (C=O) groups excluding carboxylic acids is 2. The van der Waals surface area contributed by atoms with Crippen molar-refractivity contribution in [3.05, 3.63) is 29.8 Å². The van der Waals surface area contributed by atoms with Gasteiger partial charge in [0.1, 0.15) is 17.8 Å². The minimum atomic E-state index is -1.19. The van der Waals surface area contributed by atoms with Gasteiger partial charge in [-0.15, -0.1) is 0 Å². The summed E-state index contributed by atoms with van der Waals surface area (Å²) in [5.74, 6) is -2.66. The van der Waals surface area contributed by atoms with Crippen molar-refractivity contribution >= 4 is 23.7 Å². The van der Waals surface area contributed by atoms with Crippen molar-refractivity contribution in [2.45, 2.75) is 39.3 Å². The second-order valence-electron chi connectivity index (χ2n) is 6.59. The lowest BCUT2D eigenvalue weighted by atomic mass is 10.0. The van der Waals surface area contributed by atoms with Gasteiger partial charge >= 0.3 is 5.97 Å². The van der Waals surface area contributed by atoms with E-state index in [0.29, 0.717) is 5.56 Å². The first kappa shape index (κ1) is 21.9. The average Bonchev–Trinajstić information content (AvgIpc) is 2.55. The molecule has 0 aliphatic rings. The lowest BCUT2D eigenvalue weighted by Gasteiger charge is -2.29. The number of carboxylic acids is 1. The van der Waals surface area contributed by atoms with Gasteiger partial charge in [-0.3, -0.25) is 20.3 Å². The van der Waals surface area contributed by atoms with E-state index in [9.17, 15) is 24.6 Å². The van der Waals surface area contributed by atoms with Crippen molar-refractivity contribution in [2.24, 2.45) is 5.92 Å². The summed E-state index contributed by atoms with van der Waals surface area (Å²) >= 11 is 0. The van der Waals surface area contributed by atoms with Gasteiger partial charge in [0.15, 0.2) is 5.96 Å². The third-order valence-corrected chi connectivity index (χ3v) is 4.06. The molecule has 5 N–H and O–H groups in total. The number of aromatic hydroxyl groups is 1. The minimum Gasteiger partial charge on any atom is -0.508 e. The van der Waals surface area contributed by atoms with Gasteiger partial charge in [0.25, 0.3) is 0 Å². The van der Waals surface area contributed by atoms with Crippen LogP contribution in [0.2, 0.25) is 0 Å².